The molecule has 170 valence electrons. The van der Waals surface area contributed by atoms with Crippen molar-refractivity contribution < 1.29 is 22.8 Å². The molecule has 2 aromatic rings. The molecule has 0 bridgehead atoms. The van der Waals surface area contributed by atoms with Gasteiger partial charge in [-0.3, -0.25) is 4.79 Å². The maximum atomic E-state index is 12.6. The molecule has 3 N–H and O–H groups in total. The maximum absolute atomic E-state index is 12.6. The highest BCUT2D eigenvalue weighted by Crippen LogP contribution is 2.27. The van der Waals surface area contributed by atoms with Gasteiger partial charge in [0, 0.05) is 31.7 Å². The Labute approximate surface area is 180 Å². The summed E-state index contributed by atoms with van der Waals surface area (Å²) in [7, 11) is 0. The number of alkyl halides is 2. The van der Waals surface area contributed by atoms with Gasteiger partial charge >= 0.3 is 12.4 Å². The second-order valence-electron chi connectivity index (χ2n) is 7.68. The SMILES string of the molecule is Cc1cc(OCCCC2CCN(c3nc(C(F)F)no3)CC2)ccc1C(=O)NCCN. The molecule has 0 atom stereocenters. The molecule has 10 heteroatoms. The number of anilines is 1. The van der Waals surface area contributed by atoms with Crippen LogP contribution in [0.25, 0.3) is 0 Å². The van der Waals surface area contributed by atoms with Crippen LogP contribution in [-0.2, 0) is 0 Å². The van der Waals surface area contributed by atoms with Crippen molar-refractivity contribution in [1.82, 2.24) is 15.5 Å². The molecule has 0 spiro atoms. The number of aromatic nitrogens is 2. The summed E-state index contributed by atoms with van der Waals surface area (Å²) in [5.74, 6) is 0.599. The van der Waals surface area contributed by atoms with Crippen LogP contribution in [0.4, 0.5) is 14.8 Å². The molecule has 1 aromatic heterocycles. The Morgan fingerprint density at radius 2 is 2.16 bits per heavy atom. The van der Waals surface area contributed by atoms with E-state index in [9.17, 15) is 13.6 Å². The summed E-state index contributed by atoms with van der Waals surface area (Å²) < 4.78 is 36.0. The average molecular weight is 437 g/mol. The van der Waals surface area contributed by atoms with E-state index in [1.165, 1.54) is 0 Å². The molecule has 1 saturated heterocycles. The molecule has 2 heterocycles. The monoisotopic (exact) mass is 437 g/mol. The largest absolute Gasteiger partial charge is 0.494 e. The number of carbonyl (C=O) groups excluding carboxylic acids is 1. The molecule has 0 aliphatic carbocycles. The molecule has 0 radical (unpaired) electrons. The third-order valence-corrected chi connectivity index (χ3v) is 5.41. The van der Waals surface area contributed by atoms with Gasteiger partial charge in [-0.1, -0.05) is 5.16 Å². The molecule has 1 fully saturated rings. The standard InChI is InChI=1S/C21H29F2N5O3/c1-14-13-16(4-5-17(14)20(29)25-9-8-24)30-12-2-3-15-6-10-28(11-7-15)21-26-19(18(22)23)27-31-21/h4-5,13,15,18H,2-3,6-12,24H2,1H3,(H,25,29). The fraction of sp³-hybridized carbons (Fsp3) is 0.571. The summed E-state index contributed by atoms with van der Waals surface area (Å²) in [5, 5.41) is 6.07. The van der Waals surface area contributed by atoms with E-state index in [-0.39, 0.29) is 11.9 Å². The molecule has 31 heavy (non-hydrogen) atoms. The smallest absolute Gasteiger partial charge is 0.324 e. The second-order valence-corrected chi connectivity index (χ2v) is 7.68. The zero-order valence-electron chi connectivity index (χ0n) is 17.7. The molecule has 1 aliphatic rings. The van der Waals surface area contributed by atoms with E-state index in [0.29, 0.717) is 44.3 Å². The number of rotatable bonds is 10. The van der Waals surface area contributed by atoms with Crippen molar-refractivity contribution in [2.45, 2.75) is 39.0 Å². The van der Waals surface area contributed by atoms with Gasteiger partial charge in [-0.25, -0.2) is 8.78 Å². The van der Waals surface area contributed by atoms with Gasteiger partial charge in [0.05, 0.1) is 6.61 Å². The molecule has 1 aliphatic heterocycles. The molecular formula is C21H29F2N5O3. The highest BCUT2D eigenvalue weighted by atomic mass is 19.3. The number of nitrogens with zero attached hydrogens (tertiary/aromatic N) is 3. The minimum Gasteiger partial charge on any atom is -0.494 e. The first-order valence-electron chi connectivity index (χ1n) is 10.6. The van der Waals surface area contributed by atoms with Gasteiger partial charge in [-0.2, -0.15) is 4.98 Å². The highest BCUT2D eigenvalue weighted by Gasteiger charge is 2.24. The minimum atomic E-state index is -2.72. The molecular weight excluding hydrogens is 408 g/mol. The molecule has 1 aromatic carbocycles. The lowest BCUT2D eigenvalue weighted by atomic mass is 9.92. The van der Waals surface area contributed by atoms with Crippen molar-refractivity contribution in [2.75, 3.05) is 37.7 Å². The number of amides is 1. The van der Waals surface area contributed by atoms with Gasteiger partial charge in [0.25, 0.3) is 5.91 Å². The van der Waals surface area contributed by atoms with Crippen LogP contribution in [0.5, 0.6) is 5.75 Å². The number of nitrogens with one attached hydrogen (secondary N) is 1. The van der Waals surface area contributed by atoms with Crippen LogP contribution >= 0.6 is 0 Å². The fourth-order valence-electron chi connectivity index (χ4n) is 3.68. The van der Waals surface area contributed by atoms with Crippen LogP contribution in [0.2, 0.25) is 0 Å². The van der Waals surface area contributed by atoms with Crippen LogP contribution in [0.1, 0.15) is 53.9 Å². The Hall–Kier alpha value is -2.75. The van der Waals surface area contributed by atoms with Crippen LogP contribution in [0.3, 0.4) is 0 Å². The Morgan fingerprint density at radius 1 is 1.39 bits per heavy atom. The molecule has 1 amide bonds. The zero-order chi connectivity index (χ0) is 22.2. The highest BCUT2D eigenvalue weighted by molar-refractivity contribution is 5.95. The third kappa shape index (κ3) is 6.36. The van der Waals surface area contributed by atoms with E-state index in [0.717, 1.165) is 37.0 Å². The van der Waals surface area contributed by atoms with E-state index < -0.39 is 12.2 Å². The summed E-state index contributed by atoms with van der Waals surface area (Å²) in [6.45, 7) is 4.75. The molecule has 8 nitrogen and oxygen atoms in total. The Kier molecular flexibility index (Phi) is 8.16. The lowest BCUT2D eigenvalue weighted by Crippen LogP contribution is -2.34. The van der Waals surface area contributed by atoms with Crippen molar-refractivity contribution in [2.24, 2.45) is 11.7 Å². The third-order valence-electron chi connectivity index (χ3n) is 5.41. The number of ether oxygens (including phenoxy) is 1. The number of halogens is 2. The zero-order valence-corrected chi connectivity index (χ0v) is 17.7. The van der Waals surface area contributed by atoms with E-state index in [1.807, 2.05) is 17.9 Å². The van der Waals surface area contributed by atoms with Crippen molar-refractivity contribution in [3.63, 3.8) is 0 Å². The number of hydrogen-bond donors (Lipinski definition) is 2. The van der Waals surface area contributed by atoms with Gasteiger partial charge in [0.1, 0.15) is 5.75 Å². The first-order valence-corrected chi connectivity index (χ1v) is 10.6. The average Bonchev–Trinajstić information content (AvgIpc) is 3.26. The van der Waals surface area contributed by atoms with Crippen molar-refractivity contribution in [3.8, 4) is 5.75 Å². The van der Waals surface area contributed by atoms with E-state index in [1.54, 1.807) is 12.1 Å². The first kappa shape index (κ1) is 22.9. The van der Waals surface area contributed by atoms with Gasteiger partial charge in [-0.05, 0) is 62.3 Å². The molecule has 3 rings (SSSR count). The number of benzene rings is 1. The Morgan fingerprint density at radius 3 is 2.81 bits per heavy atom. The normalized spacial score (nSPS) is 14.8. The number of carbonyl (C=O) groups is 1. The Balaban J connectivity index is 1.36. The molecule has 0 unspecified atom stereocenters. The summed E-state index contributed by atoms with van der Waals surface area (Å²) >= 11 is 0. The minimum absolute atomic E-state index is 0.133. The number of aryl methyl sites for hydroxylation is 1. The number of nitrogens with two attached hydrogens (primary N) is 1. The van der Waals surface area contributed by atoms with Gasteiger partial charge in [0.15, 0.2) is 0 Å². The van der Waals surface area contributed by atoms with Gasteiger partial charge in [-0.15, -0.1) is 0 Å². The summed E-state index contributed by atoms with van der Waals surface area (Å²) in [6, 6.07) is 5.62. The summed E-state index contributed by atoms with van der Waals surface area (Å²) in [4.78, 5) is 17.7. The lowest BCUT2D eigenvalue weighted by Gasteiger charge is -2.30. The maximum Gasteiger partial charge on any atom is 0.324 e. The number of hydrogen-bond acceptors (Lipinski definition) is 7. The second kappa shape index (κ2) is 11.0. The van der Waals surface area contributed by atoms with E-state index in [4.69, 9.17) is 15.0 Å². The summed E-state index contributed by atoms with van der Waals surface area (Å²) in [6.07, 6.45) is 1.11. The quantitative estimate of drug-likeness (QED) is 0.550. The van der Waals surface area contributed by atoms with Crippen molar-refractivity contribution in [3.05, 3.63) is 35.2 Å². The van der Waals surface area contributed by atoms with E-state index >= 15 is 0 Å². The molecule has 0 saturated carbocycles. The fourth-order valence-corrected chi connectivity index (χ4v) is 3.68. The van der Waals surface area contributed by atoms with Crippen LogP contribution < -0.4 is 20.7 Å². The predicted octanol–water partition coefficient (Wildman–Crippen LogP) is 3.08. The Bertz CT molecular complexity index is 853. The van der Waals surface area contributed by atoms with Crippen molar-refractivity contribution in [1.29, 1.82) is 0 Å². The van der Waals surface area contributed by atoms with Crippen LogP contribution in [-0.4, -0.2) is 48.8 Å². The summed E-state index contributed by atoms with van der Waals surface area (Å²) in [5.41, 5.74) is 6.89. The first-order chi connectivity index (χ1) is 15.0. The van der Waals surface area contributed by atoms with Crippen LogP contribution in [0, 0.1) is 12.8 Å². The lowest BCUT2D eigenvalue weighted by molar-refractivity contribution is 0.0954. The number of piperidine rings is 1. The van der Waals surface area contributed by atoms with Crippen molar-refractivity contribution >= 4 is 11.9 Å². The van der Waals surface area contributed by atoms with Crippen LogP contribution in [0.15, 0.2) is 22.7 Å². The van der Waals surface area contributed by atoms with E-state index in [2.05, 4.69) is 15.5 Å². The van der Waals surface area contributed by atoms with Gasteiger partial charge in [0.2, 0.25) is 5.82 Å². The topological polar surface area (TPSA) is 107 Å². The van der Waals surface area contributed by atoms with Gasteiger partial charge < -0.3 is 25.2 Å². The predicted molar refractivity (Wildman–Crippen MR) is 111 cm³/mol.